The fourth-order valence-electron chi connectivity index (χ4n) is 16.9. The fraction of sp³-hybridized carbons (Fsp3) is 0. The normalized spacial score (nSPS) is 11.8. The molecule has 24 rings (SSSR count). The third kappa shape index (κ3) is 11.0. The summed E-state index contributed by atoms with van der Waals surface area (Å²) >= 11 is 0. The zero-order valence-corrected chi connectivity index (χ0v) is 61.9. The van der Waals surface area contributed by atoms with E-state index in [9.17, 15) is 0 Å². The van der Waals surface area contributed by atoms with Crippen molar-refractivity contribution in [1.82, 2.24) is 39.9 Å². The minimum absolute atomic E-state index is 0.513. The van der Waals surface area contributed by atoms with Gasteiger partial charge in [0, 0.05) is 114 Å². The predicted molar refractivity (Wildman–Crippen MR) is 469 cm³/mol. The van der Waals surface area contributed by atoms with Crippen molar-refractivity contribution in [3.63, 3.8) is 0 Å². The second-order valence-electron chi connectivity index (χ2n) is 29.0. The molecule has 0 N–H and O–H groups in total. The first-order valence-corrected chi connectivity index (χ1v) is 38.6. The highest BCUT2D eigenvalue weighted by Gasteiger charge is 2.27. The molecule has 12 nitrogen and oxygen atoms in total. The van der Waals surface area contributed by atoms with E-state index in [0.29, 0.717) is 34.9 Å². The smallest absolute Gasteiger partial charge is 0.167 e. The number of rotatable bonds is 10. The Hall–Kier alpha value is -15.9. The van der Waals surface area contributed by atoms with Gasteiger partial charge in [-0.3, -0.25) is 0 Å². The molecule has 0 atom stereocenters. The van der Waals surface area contributed by atoms with Crippen LogP contribution in [0.2, 0.25) is 0 Å². The molecule has 0 saturated carbocycles. The summed E-state index contributed by atoms with van der Waals surface area (Å²) < 4.78 is 25.7. The zero-order valence-electron chi connectivity index (χ0n) is 61.9. The Balaban J connectivity index is 0.000000137. The third-order valence-electron chi connectivity index (χ3n) is 22.3. The van der Waals surface area contributed by atoms with Crippen LogP contribution in [-0.2, 0) is 0 Å². The van der Waals surface area contributed by atoms with Crippen LogP contribution in [0, 0.1) is 0 Å². The molecule has 24 aromatic rings. The molecule has 0 bridgehead atoms. The van der Waals surface area contributed by atoms with E-state index >= 15 is 0 Å². The van der Waals surface area contributed by atoms with Gasteiger partial charge in [-0.05, 0) is 101 Å². The number of hydrogen-bond donors (Lipinski definition) is 0. The second-order valence-corrected chi connectivity index (χ2v) is 29.0. The summed E-state index contributed by atoms with van der Waals surface area (Å²) in [5.74, 6) is 3.22. The van der Waals surface area contributed by atoms with Crippen LogP contribution in [0.1, 0.15) is 0 Å². The highest BCUT2D eigenvalue weighted by molar-refractivity contribution is 6.31. The summed E-state index contributed by atoms with van der Waals surface area (Å²) in [7, 11) is 0. The molecule has 0 amide bonds. The number of fused-ring (bicyclic) bond motifs is 20. The molecule has 540 valence electrons. The lowest BCUT2D eigenvalue weighted by atomic mass is 9.95. The number of nitrogens with zero attached hydrogens (tertiary/aromatic N) is 8. The Morgan fingerprint density at radius 3 is 1.01 bits per heavy atom. The monoisotopic (exact) mass is 1480 g/mol. The molecule has 12 heteroatoms. The summed E-state index contributed by atoms with van der Waals surface area (Å²) in [6.07, 6.45) is 0. The first-order valence-electron chi connectivity index (χ1n) is 38.6. The topological polar surface area (TPSA) is 156 Å². The lowest BCUT2D eigenvalue weighted by Crippen LogP contribution is -2.02. The van der Waals surface area contributed by atoms with Gasteiger partial charge in [0.05, 0.1) is 28.0 Å². The van der Waals surface area contributed by atoms with E-state index in [4.69, 9.17) is 57.5 Å². The second kappa shape index (κ2) is 26.9. The van der Waals surface area contributed by atoms with E-state index in [-0.39, 0.29) is 0 Å². The fourth-order valence-corrected chi connectivity index (χ4v) is 16.9. The van der Waals surface area contributed by atoms with Crippen molar-refractivity contribution < 1.29 is 17.7 Å². The Labute approximate surface area is 661 Å². The van der Waals surface area contributed by atoms with Gasteiger partial charge in [-0.2, -0.15) is 0 Å². The molecule has 8 aromatic heterocycles. The Morgan fingerprint density at radius 2 is 0.483 bits per heavy atom. The average molecular weight is 1490 g/mol. The number of aromatic nitrogens is 8. The lowest BCUT2D eigenvalue weighted by Gasteiger charge is -2.14. The third-order valence-corrected chi connectivity index (χ3v) is 22.3. The highest BCUT2D eigenvalue weighted by Crippen LogP contribution is 2.47. The lowest BCUT2D eigenvalue weighted by molar-refractivity contribution is 0.668. The molecule has 0 saturated heterocycles. The molecule has 16 aromatic carbocycles. The first-order chi connectivity index (χ1) is 57.5. The Kier molecular flexibility index (Phi) is 15.3. The number of benzene rings is 16. The number of furan rings is 4. The quantitative estimate of drug-likeness (QED) is 0.120. The summed E-state index contributed by atoms with van der Waals surface area (Å²) in [5, 5.41) is 14.5. The number of pyridine rings is 2. The standard InChI is InChI=1S/2C52H30N4O2/c1-3-14-31(15-4-1)33-18-11-19-34(30-33)50-54-51(56-52(55-50)41-25-12-22-36-35-20-7-9-26-42(35)58-49(36)41)40-24-13-23-38-45-39(47(53-48(38)40)32-16-5-2-6-17-32)28-29-44-46(45)37-21-8-10-27-43(37)57-44;1-3-13-31(14-4-1)32-25-27-34(28-26-32)50-54-51(39-20-12-24-43-45(39)35-17-7-9-22-41(35)57-43)56-52(55-50)40-21-11-19-37-46-38(48(53-49(37)40)33-15-5-2-6-16-33)29-30-44-47(46)36-18-8-10-23-42(36)58-44/h2*1-30H. The van der Waals surface area contributed by atoms with Crippen LogP contribution in [0.3, 0.4) is 0 Å². The van der Waals surface area contributed by atoms with Crippen molar-refractivity contribution in [3.8, 4) is 113 Å². The van der Waals surface area contributed by atoms with Crippen LogP contribution in [0.4, 0.5) is 0 Å². The molecule has 0 unspecified atom stereocenters. The molecule has 0 radical (unpaired) electrons. The summed E-state index contributed by atoms with van der Waals surface area (Å²) in [5.41, 5.74) is 21.3. The molecular formula is C104H60N8O4. The highest BCUT2D eigenvalue weighted by atomic mass is 16.3. The Morgan fingerprint density at radius 1 is 0.155 bits per heavy atom. The largest absolute Gasteiger partial charge is 0.456 e. The van der Waals surface area contributed by atoms with E-state index < -0.39 is 0 Å². The van der Waals surface area contributed by atoms with Gasteiger partial charge in [-0.25, -0.2) is 39.9 Å². The van der Waals surface area contributed by atoms with E-state index in [1.165, 1.54) is 0 Å². The van der Waals surface area contributed by atoms with Crippen molar-refractivity contribution >= 4 is 131 Å². The first kappa shape index (κ1) is 65.9. The molecule has 0 aliphatic rings. The van der Waals surface area contributed by atoms with E-state index in [0.717, 1.165) is 209 Å². The maximum atomic E-state index is 6.54. The van der Waals surface area contributed by atoms with E-state index in [2.05, 4.69) is 255 Å². The van der Waals surface area contributed by atoms with Crippen molar-refractivity contribution in [1.29, 1.82) is 0 Å². The zero-order chi connectivity index (χ0) is 76.3. The molecule has 0 spiro atoms. The van der Waals surface area contributed by atoms with Crippen molar-refractivity contribution in [2.75, 3.05) is 0 Å². The van der Waals surface area contributed by atoms with Crippen LogP contribution >= 0.6 is 0 Å². The SMILES string of the molecule is c1ccc(-c2ccc(-c3nc(-c4cccc5c4nc(-c4ccccc4)c4ccc6oc7ccccc7c6c45)nc(-c4cccc5oc6ccccc6c45)n3)cc2)cc1.c1ccc(-c2cccc(-c3nc(-c4cccc5c4nc(-c4ccccc4)c4ccc6oc7ccccc7c6c45)nc(-c4cccc5c4oc4ccccc45)n3)c2)cc1. The van der Waals surface area contributed by atoms with Gasteiger partial charge in [0.25, 0.3) is 0 Å². The molecule has 116 heavy (non-hydrogen) atoms. The van der Waals surface area contributed by atoms with Crippen LogP contribution in [-0.4, -0.2) is 39.9 Å². The summed E-state index contributed by atoms with van der Waals surface area (Å²) in [4.78, 5) is 42.6. The van der Waals surface area contributed by atoms with Crippen LogP contribution in [0.15, 0.2) is 382 Å². The van der Waals surface area contributed by atoms with Crippen molar-refractivity contribution in [3.05, 3.63) is 364 Å². The maximum Gasteiger partial charge on any atom is 0.167 e. The van der Waals surface area contributed by atoms with Gasteiger partial charge < -0.3 is 17.7 Å². The van der Waals surface area contributed by atoms with Gasteiger partial charge >= 0.3 is 0 Å². The molecule has 0 aliphatic heterocycles. The van der Waals surface area contributed by atoms with Crippen LogP contribution in [0.5, 0.6) is 0 Å². The average Bonchev–Trinajstić information content (AvgIpc) is 1.37. The maximum absolute atomic E-state index is 6.54. The van der Waals surface area contributed by atoms with Gasteiger partial charge in [-0.1, -0.05) is 285 Å². The van der Waals surface area contributed by atoms with Crippen LogP contribution in [0.25, 0.3) is 244 Å². The minimum atomic E-state index is 0.513. The van der Waals surface area contributed by atoms with E-state index in [1.54, 1.807) is 0 Å². The number of hydrogen-bond acceptors (Lipinski definition) is 12. The number of para-hydroxylation sites is 7. The molecular weight excluding hydrogens is 1430 g/mol. The minimum Gasteiger partial charge on any atom is -0.456 e. The van der Waals surface area contributed by atoms with Gasteiger partial charge in [-0.15, -0.1) is 0 Å². The van der Waals surface area contributed by atoms with Crippen molar-refractivity contribution in [2.45, 2.75) is 0 Å². The molecule has 0 fully saturated rings. The van der Waals surface area contributed by atoms with Crippen LogP contribution < -0.4 is 0 Å². The van der Waals surface area contributed by atoms with Gasteiger partial charge in [0.15, 0.2) is 34.9 Å². The predicted octanol–water partition coefficient (Wildman–Crippen LogP) is 27.4. The summed E-state index contributed by atoms with van der Waals surface area (Å²) in [6, 6.07) is 124. The van der Waals surface area contributed by atoms with Gasteiger partial charge in [0.1, 0.15) is 44.7 Å². The van der Waals surface area contributed by atoms with Gasteiger partial charge in [0.2, 0.25) is 0 Å². The Bertz CT molecular complexity index is 8080. The molecule has 0 aliphatic carbocycles. The molecule has 8 heterocycles. The van der Waals surface area contributed by atoms with Crippen molar-refractivity contribution in [2.24, 2.45) is 0 Å². The van der Waals surface area contributed by atoms with E-state index in [1.807, 2.05) is 109 Å². The summed E-state index contributed by atoms with van der Waals surface area (Å²) in [6.45, 7) is 0.